The fourth-order valence-corrected chi connectivity index (χ4v) is 3.97. The SMILES string of the molecule is O=C(CCc1nc2ccccc2s1)OCC(=O)c1cccc2ccccc12. The third-order valence-electron chi connectivity index (χ3n) is 4.34. The summed E-state index contributed by atoms with van der Waals surface area (Å²) in [4.78, 5) is 29.0. The molecule has 1 heterocycles. The minimum Gasteiger partial charge on any atom is -0.457 e. The van der Waals surface area contributed by atoms with E-state index in [-0.39, 0.29) is 24.8 Å². The molecule has 3 aromatic carbocycles. The number of esters is 1. The minimum absolute atomic E-state index is 0.194. The Kier molecular flexibility index (Phi) is 4.94. The Bertz CT molecular complexity index is 1090. The van der Waals surface area contributed by atoms with Crippen LogP contribution in [0, 0.1) is 0 Å². The number of aromatic nitrogens is 1. The lowest BCUT2D eigenvalue weighted by Crippen LogP contribution is -2.14. The molecule has 4 aromatic rings. The molecule has 5 heteroatoms. The van der Waals surface area contributed by atoms with Crippen molar-refractivity contribution in [2.24, 2.45) is 0 Å². The topological polar surface area (TPSA) is 56.3 Å². The number of ether oxygens (including phenoxy) is 1. The van der Waals surface area contributed by atoms with E-state index in [2.05, 4.69) is 4.98 Å². The summed E-state index contributed by atoms with van der Waals surface area (Å²) in [6, 6.07) is 21.1. The standard InChI is InChI=1S/C22H17NO3S/c24-19(17-9-5-7-15-6-1-2-8-16(15)17)14-26-22(25)13-12-21-23-18-10-3-4-11-20(18)27-21/h1-11H,12-14H2. The third kappa shape index (κ3) is 3.88. The first-order valence-corrected chi connectivity index (χ1v) is 9.53. The first-order chi connectivity index (χ1) is 13.2. The van der Waals surface area contributed by atoms with Crippen LogP contribution in [-0.2, 0) is 16.0 Å². The summed E-state index contributed by atoms with van der Waals surface area (Å²) >= 11 is 1.58. The van der Waals surface area contributed by atoms with Crippen LogP contribution in [0.5, 0.6) is 0 Å². The van der Waals surface area contributed by atoms with Crippen LogP contribution in [0.4, 0.5) is 0 Å². The van der Waals surface area contributed by atoms with Gasteiger partial charge in [-0.05, 0) is 22.9 Å². The van der Waals surface area contributed by atoms with Crippen LogP contribution < -0.4 is 0 Å². The van der Waals surface area contributed by atoms with Gasteiger partial charge in [0.15, 0.2) is 6.61 Å². The normalized spacial score (nSPS) is 11.0. The highest BCUT2D eigenvalue weighted by Crippen LogP contribution is 2.22. The summed E-state index contributed by atoms with van der Waals surface area (Å²) in [5.74, 6) is -0.581. The number of aryl methyl sites for hydroxylation is 1. The van der Waals surface area contributed by atoms with Crippen molar-refractivity contribution in [3.8, 4) is 0 Å². The largest absolute Gasteiger partial charge is 0.457 e. The van der Waals surface area contributed by atoms with Gasteiger partial charge in [0.2, 0.25) is 5.78 Å². The number of benzene rings is 3. The van der Waals surface area contributed by atoms with Crippen LogP contribution in [0.2, 0.25) is 0 Å². The second kappa shape index (κ2) is 7.68. The first kappa shape index (κ1) is 17.4. The maximum atomic E-state index is 12.5. The lowest BCUT2D eigenvalue weighted by atomic mass is 10.0. The summed E-state index contributed by atoms with van der Waals surface area (Å²) in [6.45, 7) is -0.243. The van der Waals surface area contributed by atoms with Gasteiger partial charge in [-0.2, -0.15) is 0 Å². The van der Waals surface area contributed by atoms with E-state index in [1.807, 2.05) is 60.7 Å². The number of para-hydroxylation sites is 1. The molecule has 0 radical (unpaired) electrons. The quantitative estimate of drug-likeness (QED) is 0.358. The van der Waals surface area contributed by atoms with E-state index in [4.69, 9.17) is 4.74 Å². The second-order valence-electron chi connectivity index (χ2n) is 6.19. The minimum atomic E-state index is -0.386. The Morgan fingerprint density at radius 3 is 2.59 bits per heavy atom. The second-order valence-corrected chi connectivity index (χ2v) is 7.30. The summed E-state index contributed by atoms with van der Waals surface area (Å²) in [7, 11) is 0. The van der Waals surface area contributed by atoms with Crippen molar-refractivity contribution in [2.45, 2.75) is 12.8 Å². The predicted octanol–water partition coefficient (Wildman–Crippen LogP) is 4.81. The average molecular weight is 375 g/mol. The number of Topliss-reactive ketones (excluding diaryl/α,β-unsaturated/α-hetero) is 1. The van der Waals surface area contributed by atoms with Gasteiger partial charge in [0, 0.05) is 12.0 Å². The summed E-state index contributed by atoms with van der Waals surface area (Å²) < 4.78 is 6.30. The number of thiazole rings is 1. The molecule has 0 aliphatic carbocycles. The summed E-state index contributed by atoms with van der Waals surface area (Å²) in [6.07, 6.45) is 0.725. The van der Waals surface area contributed by atoms with Gasteiger partial charge in [0.05, 0.1) is 21.6 Å². The molecule has 0 saturated heterocycles. The monoisotopic (exact) mass is 375 g/mol. The Hall–Kier alpha value is -3.05. The smallest absolute Gasteiger partial charge is 0.306 e. The molecule has 134 valence electrons. The van der Waals surface area contributed by atoms with Crippen molar-refractivity contribution >= 4 is 44.1 Å². The molecule has 0 bridgehead atoms. The predicted molar refractivity (Wildman–Crippen MR) is 107 cm³/mol. The number of carbonyl (C=O) groups is 2. The summed E-state index contributed by atoms with van der Waals surface area (Å²) in [5.41, 5.74) is 1.52. The fraction of sp³-hybridized carbons (Fsp3) is 0.136. The lowest BCUT2D eigenvalue weighted by Gasteiger charge is -2.07. The lowest BCUT2D eigenvalue weighted by molar-refractivity contribution is -0.142. The fourth-order valence-electron chi connectivity index (χ4n) is 3.00. The third-order valence-corrected chi connectivity index (χ3v) is 5.43. The van der Waals surface area contributed by atoms with Crippen LogP contribution >= 0.6 is 11.3 Å². The highest BCUT2D eigenvalue weighted by molar-refractivity contribution is 7.18. The first-order valence-electron chi connectivity index (χ1n) is 8.72. The molecular weight excluding hydrogens is 358 g/mol. The molecule has 0 amide bonds. The summed E-state index contributed by atoms with van der Waals surface area (Å²) in [5, 5.41) is 2.76. The Morgan fingerprint density at radius 1 is 0.926 bits per heavy atom. The molecule has 0 saturated carbocycles. The number of rotatable bonds is 6. The molecule has 0 aliphatic rings. The van der Waals surface area contributed by atoms with E-state index in [0.717, 1.165) is 26.0 Å². The zero-order valence-electron chi connectivity index (χ0n) is 14.6. The number of hydrogen-bond donors (Lipinski definition) is 0. The van der Waals surface area contributed by atoms with Crippen molar-refractivity contribution in [3.05, 3.63) is 77.3 Å². The highest BCUT2D eigenvalue weighted by atomic mass is 32.1. The molecule has 0 unspecified atom stereocenters. The van der Waals surface area contributed by atoms with E-state index in [1.165, 1.54) is 0 Å². The number of fused-ring (bicyclic) bond motifs is 2. The van der Waals surface area contributed by atoms with E-state index in [0.29, 0.717) is 12.0 Å². The number of hydrogen-bond acceptors (Lipinski definition) is 5. The van der Waals surface area contributed by atoms with Gasteiger partial charge in [-0.15, -0.1) is 11.3 Å². The van der Waals surface area contributed by atoms with E-state index in [1.54, 1.807) is 17.4 Å². The van der Waals surface area contributed by atoms with E-state index in [9.17, 15) is 9.59 Å². The number of nitrogens with zero attached hydrogens (tertiary/aromatic N) is 1. The van der Waals surface area contributed by atoms with Gasteiger partial charge >= 0.3 is 5.97 Å². The Morgan fingerprint density at radius 2 is 1.70 bits per heavy atom. The molecule has 0 spiro atoms. The van der Waals surface area contributed by atoms with Gasteiger partial charge in [0.1, 0.15) is 0 Å². The Labute approximate surface area is 160 Å². The van der Waals surface area contributed by atoms with Gasteiger partial charge in [-0.25, -0.2) is 4.98 Å². The van der Waals surface area contributed by atoms with Crippen LogP contribution in [0.1, 0.15) is 21.8 Å². The molecule has 4 nitrogen and oxygen atoms in total. The number of carbonyl (C=O) groups excluding carboxylic acids is 2. The highest BCUT2D eigenvalue weighted by Gasteiger charge is 2.13. The van der Waals surface area contributed by atoms with Crippen molar-refractivity contribution in [1.82, 2.24) is 4.98 Å². The van der Waals surface area contributed by atoms with Crippen molar-refractivity contribution in [3.63, 3.8) is 0 Å². The van der Waals surface area contributed by atoms with Crippen molar-refractivity contribution < 1.29 is 14.3 Å². The average Bonchev–Trinajstić information content (AvgIpc) is 3.13. The molecule has 0 fully saturated rings. The zero-order chi connectivity index (χ0) is 18.6. The van der Waals surface area contributed by atoms with Crippen molar-refractivity contribution in [1.29, 1.82) is 0 Å². The van der Waals surface area contributed by atoms with Crippen LogP contribution in [0.15, 0.2) is 66.7 Å². The molecule has 0 aliphatic heterocycles. The van der Waals surface area contributed by atoms with Gasteiger partial charge in [-0.3, -0.25) is 9.59 Å². The van der Waals surface area contributed by atoms with E-state index < -0.39 is 0 Å². The van der Waals surface area contributed by atoms with Crippen LogP contribution in [-0.4, -0.2) is 23.3 Å². The molecule has 1 aromatic heterocycles. The molecule has 0 atom stereocenters. The van der Waals surface area contributed by atoms with Gasteiger partial charge < -0.3 is 4.74 Å². The molecular formula is C22H17NO3S. The van der Waals surface area contributed by atoms with Gasteiger partial charge in [-0.1, -0.05) is 54.6 Å². The zero-order valence-corrected chi connectivity index (χ0v) is 15.4. The molecule has 4 rings (SSSR count). The number of ketones is 1. The Balaban J connectivity index is 1.35. The van der Waals surface area contributed by atoms with Gasteiger partial charge in [0.25, 0.3) is 0 Å². The van der Waals surface area contributed by atoms with Crippen LogP contribution in [0.25, 0.3) is 21.0 Å². The van der Waals surface area contributed by atoms with Crippen molar-refractivity contribution in [2.75, 3.05) is 6.61 Å². The molecule has 27 heavy (non-hydrogen) atoms. The maximum absolute atomic E-state index is 12.5. The maximum Gasteiger partial charge on any atom is 0.306 e. The van der Waals surface area contributed by atoms with E-state index >= 15 is 0 Å². The van der Waals surface area contributed by atoms with Crippen LogP contribution in [0.3, 0.4) is 0 Å². The molecule has 0 N–H and O–H groups in total.